The van der Waals surface area contributed by atoms with Crippen molar-refractivity contribution in [2.45, 2.75) is 218 Å². The summed E-state index contributed by atoms with van der Waals surface area (Å²) >= 11 is 0. The lowest BCUT2D eigenvalue weighted by molar-refractivity contribution is -0.139. The van der Waals surface area contributed by atoms with Crippen molar-refractivity contribution < 1.29 is 24.5 Å². The third-order valence-electron chi connectivity index (χ3n) is 9.48. The first-order chi connectivity index (χ1) is 20.5. The van der Waals surface area contributed by atoms with Gasteiger partial charge in [-0.3, -0.25) is 0 Å². The van der Waals surface area contributed by atoms with E-state index < -0.39 is 0 Å². The van der Waals surface area contributed by atoms with Crippen LogP contribution >= 0.6 is 0 Å². The standard InChI is InChI=1S/C37H68O5/c1-3-4-5-6-7-8-9-10-14-17-20-23-26-33(38)35-28-29-36(42-35)34(39)27-24-21-18-15-12-11-13-16-19-22-25-32-30-31(2)41-37(32)40/h30-31,33-36,38-39H,3-29H2,1-2H3/t31-,33+,34+,35+,36+/m0/s1. The zero-order chi connectivity index (χ0) is 30.3. The molecule has 0 aliphatic carbocycles. The van der Waals surface area contributed by atoms with Crippen molar-refractivity contribution in [3.63, 3.8) is 0 Å². The fourth-order valence-corrected chi connectivity index (χ4v) is 6.72. The number of unbranched alkanes of at least 4 members (excludes halogenated alkanes) is 20. The van der Waals surface area contributed by atoms with E-state index in [0.717, 1.165) is 56.9 Å². The first kappa shape index (κ1) is 37.3. The number of ether oxygens (including phenoxy) is 2. The highest BCUT2D eigenvalue weighted by Gasteiger charge is 2.34. The molecule has 0 amide bonds. The molecule has 5 heteroatoms. The highest BCUT2D eigenvalue weighted by atomic mass is 16.5. The number of rotatable bonds is 28. The monoisotopic (exact) mass is 593 g/mol. The summed E-state index contributed by atoms with van der Waals surface area (Å²) in [5, 5.41) is 21.3. The maximum Gasteiger partial charge on any atom is 0.334 e. The molecule has 0 unspecified atom stereocenters. The third kappa shape index (κ3) is 17.4. The van der Waals surface area contributed by atoms with E-state index in [1.807, 2.05) is 13.0 Å². The largest absolute Gasteiger partial charge is 0.455 e. The van der Waals surface area contributed by atoms with Crippen LogP contribution in [0, 0.1) is 0 Å². The minimum atomic E-state index is -0.390. The van der Waals surface area contributed by atoms with E-state index >= 15 is 0 Å². The smallest absolute Gasteiger partial charge is 0.334 e. The molecule has 0 bridgehead atoms. The quantitative estimate of drug-likeness (QED) is 0.0698. The summed E-state index contributed by atoms with van der Waals surface area (Å²) < 4.78 is 11.3. The second kappa shape index (κ2) is 24.4. The van der Waals surface area contributed by atoms with E-state index in [1.165, 1.54) is 122 Å². The molecule has 2 N–H and O–H groups in total. The van der Waals surface area contributed by atoms with Crippen molar-refractivity contribution in [2.24, 2.45) is 0 Å². The third-order valence-corrected chi connectivity index (χ3v) is 9.48. The Hall–Kier alpha value is -0.910. The molecule has 5 atom stereocenters. The van der Waals surface area contributed by atoms with E-state index in [0.29, 0.717) is 0 Å². The SMILES string of the molecule is CCCCCCCCCCCCCC[C@@H](O)[C@H]1CC[C@H]([C@H](O)CCCCCCCCCCCCC2=C[C@H](C)OC2=O)O1. The number of hydrogen-bond donors (Lipinski definition) is 2. The fourth-order valence-electron chi connectivity index (χ4n) is 6.72. The van der Waals surface area contributed by atoms with Gasteiger partial charge in [0, 0.05) is 5.57 Å². The minimum absolute atomic E-state index is 0.0446. The van der Waals surface area contributed by atoms with E-state index in [-0.39, 0.29) is 36.5 Å². The van der Waals surface area contributed by atoms with Crippen LogP contribution < -0.4 is 0 Å². The summed E-state index contributed by atoms with van der Waals surface area (Å²) in [4.78, 5) is 11.6. The van der Waals surface area contributed by atoms with Crippen molar-refractivity contribution in [1.82, 2.24) is 0 Å². The molecular weight excluding hydrogens is 524 g/mol. The van der Waals surface area contributed by atoms with Crippen LogP contribution in [0.4, 0.5) is 0 Å². The van der Waals surface area contributed by atoms with E-state index in [2.05, 4.69) is 6.92 Å². The van der Waals surface area contributed by atoms with Crippen LogP contribution in [0.1, 0.15) is 187 Å². The Bertz CT molecular complexity index is 692. The molecule has 2 rings (SSSR count). The lowest BCUT2D eigenvalue weighted by Crippen LogP contribution is -2.31. The molecule has 0 radical (unpaired) electrons. The Kier molecular flexibility index (Phi) is 21.7. The summed E-state index contributed by atoms with van der Waals surface area (Å²) in [6, 6.07) is 0. The fraction of sp³-hybridized carbons (Fsp3) is 0.919. The van der Waals surface area contributed by atoms with Gasteiger partial charge in [0.1, 0.15) is 6.10 Å². The number of aliphatic hydroxyl groups is 2. The second-order valence-electron chi connectivity index (χ2n) is 13.5. The summed E-state index contributed by atoms with van der Waals surface area (Å²) in [5.74, 6) is -0.117. The van der Waals surface area contributed by atoms with Gasteiger partial charge in [-0.05, 0) is 51.5 Å². The highest BCUT2D eigenvalue weighted by molar-refractivity contribution is 5.90. The zero-order valence-corrected chi connectivity index (χ0v) is 27.7. The Morgan fingerprint density at radius 3 is 1.40 bits per heavy atom. The molecule has 246 valence electrons. The van der Waals surface area contributed by atoms with Crippen LogP contribution in [-0.4, -0.2) is 46.7 Å². The number of cyclic esters (lactones) is 1. The molecule has 2 aliphatic rings. The topological polar surface area (TPSA) is 76.0 Å². The number of esters is 1. The molecule has 5 nitrogen and oxygen atoms in total. The van der Waals surface area contributed by atoms with Crippen molar-refractivity contribution in [1.29, 1.82) is 0 Å². The predicted molar refractivity (Wildman–Crippen MR) is 175 cm³/mol. The van der Waals surface area contributed by atoms with Crippen LogP contribution in [-0.2, 0) is 14.3 Å². The molecule has 0 aromatic carbocycles. The Morgan fingerprint density at radius 2 is 1.02 bits per heavy atom. The van der Waals surface area contributed by atoms with E-state index in [1.54, 1.807) is 0 Å². The molecule has 2 heterocycles. The summed E-state index contributed by atoms with van der Waals surface area (Å²) in [6.07, 6.45) is 33.4. The first-order valence-corrected chi connectivity index (χ1v) is 18.4. The van der Waals surface area contributed by atoms with Gasteiger partial charge in [-0.1, -0.05) is 142 Å². The molecule has 2 aliphatic heterocycles. The maximum absolute atomic E-state index is 11.6. The zero-order valence-electron chi connectivity index (χ0n) is 27.7. The number of carbonyl (C=O) groups is 1. The minimum Gasteiger partial charge on any atom is -0.455 e. The molecule has 1 fully saturated rings. The van der Waals surface area contributed by atoms with Gasteiger partial charge in [0.05, 0.1) is 24.4 Å². The van der Waals surface area contributed by atoms with Gasteiger partial charge in [-0.2, -0.15) is 0 Å². The Labute approximate surface area is 259 Å². The van der Waals surface area contributed by atoms with Crippen LogP contribution in [0.3, 0.4) is 0 Å². The maximum atomic E-state index is 11.6. The molecule has 0 aromatic heterocycles. The van der Waals surface area contributed by atoms with Gasteiger partial charge in [0.25, 0.3) is 0 Å². The van der Waals surface area contributed by atoms with Gasteiger partial charge >= 0.3 is 5.97 Å². The summed E-state index contributed by atoms with van der Waals surface area (Å²) in [6.45, 7) is 4.19. The van der Waals surface area contributed by atoms with Crippen molar-refractivity contribution in [2.75, 3.05) is 0 Å². The molecule has 0 aromatic rings. The van der Waals surface area contributed by atoms with Crippen LogP contribution in [0.15, 0.2) is 11.6 Å². The molecular formula is C37H68O5. The van der Waals surface area contributed by atoms with E-state index in [9.17, 15) is 15.0 Å². The summed E-state index contributed by atoms with van der Waals surface area (Å²) in [5.41, 5.74) is 0.870. The first-order valence-electron chi connectivity index (χ1n) is 18.4. The summed E-state index contributed by atoms with van der Waals surface area (Å²) in [7, 11) is 0. The van der Waals surface area contributed by atoms with Gasteiger partial charge in [-0.15, -0.1) is 0 Å². The Balaban J connectivity index is 1.33. The normalized spacial score (nSPS) is 22.0. The average Bonchev–Trinajstić information content (AvgIpc) is 3.60. The van der Waals surface area contributed by atoms with Gasteiger partial charge < -0.3 is 19.7 Å². The number of aliphatic hydroxyl groups excluding tert-OH is 2. The van der Waals surface area contributed by atoms with Crippen molar-refractivity contribution in [3.05, 3.63) is 11.6 Å². The van der Waals surface area contributed by atoms with E-state index in [4.69, 9.17) is 9.47 Å². The van der Waals surface area contributed by atoms with Crippen molar-refractivity contribution in [3.8, 4) is 0 Å². The van der Waals surface area contributed by atoms with Gasteiger partial charge in [0.15, 0.2) is 0 Å². The van der Waals surface area contributed by atoms with Crippen molar-refractivity contribution >= 4 is 5.97 Å². The van der Waals surface area contributed by atoms with Crippen LogP contribution in [0.25, 0.3) is 0 Å². The van der Waals surface area contributed by atoms with Gasteiger partial charge in [-0.25, -0.2) is 4.79 Å². The lowest BCUT2D eigenvalue weighted by atomic mass is 10.00. The average molecular weight is 593 g/mol. The Morgan fingerprint density at radius 1 is 0.643 bits per heavy atom. The van der Waals surface area contributed by atoms with Crippen LogP contribution in [0.5, 0.6) is 0 Å². The van der Waals surface area contributed by atoms with Crippen LogP contribution in [0.2, 0.25) is 0 Å². The molecule has 0 saturated carbocycles. The lowest BCUT2D eigenvalue weighted by Gasteiger charge is -2.22. The number of hydrogen-bond acceptors (Lipinski definition) is 5. The number of carbonyl (C=O) groups excluding carboxylic acids is 1. The van der Waals surface area contributed by atoms with Gasteiger partial charge in [0.2, 0.25) is 0 Å². The predicted octanol–water partition coefficient (Wildman–Crippen LogP) is 9.90. The molecule has 42 heavy (non-hydrogen) atoms. The highest BCUT2D eigenvalue weighted by Crippen LogP contribution is 2.28. The molecule has 1 saturated heterocycles. The second-order valence-corrected chi connectivity index (χ2v) is 13.5. The molecule has 0 spiro atoms.